The van der Waals surface area contributed by atoms with E-state index in [1.54, 1.807) is 36.4 Å². The molecule has 0 unspecified atom stereocenters. The number of carbonyl (C=O) groups is 1. The van der Waals surface area contributed by atoms with Gasteiger partial charge in [-0.15, -0.1) is 0 Å². The van der Waals surface area contributed by atoms with Crippen molar-refractivity contribution in [1.29, 1.82) is 0 Å². The Morgan fingerprint density at radius 1 is 0.933 bits per heavy atom. The topological polar surface area (TPSA) is 69.7 Å². The van der Waals surface area contributed by atoms with Crippen LogP contribution in [0.4, 0.5) is 11.4 Å². The Morgan fingerprint density at radius 3 is 2.03 bits per heavy atom. The number of benzene rings is 2. The summed E-state index contributed by atoms with van der Waals surface area (Å²) in [5, 5.41) is 0. The number of anilines is 2. The molecule has 2 aromatic rings. The number of amides is 1. The summed E-state index contributed by atoms with van der Waals surface area (Å²) in [6.07, 6.45) is 0.558. The van der Waals surface area contributed by atoms with Crippen molar-refractivity contribution in [3.63, 3.8) is 0 Å². The molecule has 1 aliphatic rings. The first-order valence-corrected chi connectivity index (χ1v) is 11.7. The lowest BCUT2D eigenvalue weighted by Crippen LogP contribution is -2.49. The SMILES string of the molecule is Cc1ccc(S(=O)(=O)Nc2ccc(N3CCN(C(=O)CC(C)(C)C)CC3)cc2)cc1. The Balaban J connectivity index is 1.59. The predicted octanol–water partition coefficient (Wildman–Crippen LogP) is 3.88. The number of rotatable bonds is 5. The Bertz CT molecular complexity index is 970. The molecule has 3 rings (SSSR count). The molecule has 0 bridgehead atoms. The smallest absolute Gasteiger partial charge is 0.261 e. The summed E-state index contributed by atoms with van der Waals surface area (Å²) in [6, 6.07) is 14.2. The van der Waals surface area contributed by atoms with Crippen molar-refractivity contribution >= 4 is 27.3 Å². The Morgan fingerprint density at radius 2 is 1.50 bits per heavy atom. The first-order valence-electron chi connectivity index (χ1n) is 10.3. The van der Waals surface area contributed by atoms with Crippen LogP contribution in [0, 0.1) is 12.3 Å². The minimum atomic E-state index is -3.61. The Labute approximate surface area is 179 Å². The maximum atomic E-state index is 12.5. The van der Waals surface area contributed by atoms with Gasteiger partial charge in [-0.05, 0) is 48.7 Å². The van der Waals surface area contributed by atoms with E-state index in [2.05, 4.69) is 30.4 Å². The van der Waals surface area contributed by atoms with Crippen molar-refractivity contribution in [3.8, 4) is 0 Å². The predicted molar refractivity (Wildman–Crippen MR) is 121 cm³/mol. The van der Waals surface area contributed by atoms with Crippen LogP contribution in [0.25, 0.3) is 0 Å². The monoisotopic (exact) mass is 429 g/mol. The van der Waals surface area contributed by atoms with Gasteiger partial charge in [0.15, 0.2) is 0 Å². The maximum Gasteiger partial charge on any atom is 0.261 e. The Kier molecular flexibility index (Phi) is 6.41. The zero-order valence-electron chi connectivity index (χ0n) is 18.2. The highest BCUT2D eigenvalue weighted by Crippen LogP contribution is 2.24. The van der Waals surface area contributed by atoms with Gasteiger partial charge in [-0.1, -0.05) is 38.5 Å². The van der Waals surface area contributed by atoms with Gasteiger partial charge in [-0.3, -0.25) is 9.52 Å². The number of aryl methyl sites for hydroxylation is 1. The van der Waals surface area contributed by atoms with Crippen LogP contribution in [0.1, 0.15) is 32.8 Å². The summed E-state index contributed by atoms with van der Waals surface area (Å²) in [5.74, 6) is 0.211. The first kappa shape index (κ1) is 22.2. The molecule has 1 N–H and O–H groups in total. The number of nitrogens with zero attached hydrogens (tertiary/aromatic N) is 2. The van der Waals surface area contributed by atoms with Gasteiger partial charge in [-0.25, -0.2) is 8.42 Å². The molecule has 0 aliphatic carbocycles. The molecule has 1 saturated heterocycles. The van der Waals surface area contributed by atoms with Crippen LogP contribution in [0.2, 0.25) is 0 Å². The lowest BCUT2D eigenvalue weighted by atomic mass is 9.91. The molecule has 1 fully saturated rings. The fourth-order valence-corrected chi connectivity index (χ4v) is 4.51. The van der Waals surface area contributed by atoms with Crippen molar-refractivity contribution < 1.29 is 13.2 Å². The highest BCUT2D eigenvalue weighted by Gasteiger charge is 2.25. The van der Waals surface area contributed by atoms with Gasteiger partial charge in [-0.2, -0.15) is 0 Å². The van der Waals surface area contributed by atoms with Crippen LogP contribution in [0.15, 0.2) is 53.4 Å². The van der Waals surface area contributed by atoms with Gasteiger partial charge in [0, 0.05) is 44.0 Å². The number of nitrogens with one attached hydrogen (secondary N) is 1. The van der Waals surface area contributed by atoms with E-state index in [0.717, 1.165) is 24.3 Å². The molecule has 6 nitrogen and oxygen atoms in total. The second-order valence-corrected chi connectivity index (χ2v) is 10.8. The van der Waals surface area contributed by atoms with E-state index in [0.29, 0.717) is 25.2 Å². The summed E-state index contributed by atoms with van der Waals surface area (Å²) in [6.45, 7) is 11.1. The van der Waals surface area contributed by atoms with Crippen LogP contribution in [0.3, 0.4) is 0 Å². The van der Waals surface area contributed by atoms with Crippen LogP contribution in [-0.4, -0.2) is 45.4 Å². The van der Waals surface area contributed by atoms with E-state index < -0.39 is 10.0 Å². The molecule has 0 radical (unpaired) electrons. The molecule has 2 aromatic carbocycles. The second kappa shape index (κ2) is 8.68. The lowest BCUT2D eigenvalue weighted by molar-refractivity contribution is -0.133. The largest absolute Gasteiger partial charge is 0.368 e. The summed E-state index contributed by atoms with van der Waals surface area (Å²) in [7, 11) is -3.61. The third-order valence-corrected chi connectivity index (χ3v) is 6.53. The van der Waals surface area contributed by atoms with E-state index in [1.165, 1.54) is 0 Å². The second-order valence-electron chi connectivity index (χ2n) is 9.07. The molecule has 162 valence electrons. The number of piperazine rings is 1. The standard InChI is InChI=1S/C23H31N3O3S/c1-18-5-11-21(12-6-18)30(28,29)24-19-7-9-20(10-8-19)25-13-15-26(16-14-25)22(27)17-23(2,3)4/h5-12,24H,13-17H2,1-4H3. The van der Waals surface area contributed by atoms with Gasteiger partial charge < -0.3 is 9.80 Å². The van der Waals surface area contributed by atoms with Gasteiger partial charge in [0.05, 0.1) is 4.90 Å². The van der Waals surface area contributed by atoms with Crippen molar-refractivity contribution in [2.45, 2.75) is 39.0 Å². The summed E-state index contributed by atoms with van der Waals surface area (Å²) in [5.41, 5.74) is 2.56. The highest BCUT2D eigenvalue weighted by atomic mass is 32.2. The maximum absolute atomic E-state index is 12.5. The number of carbonyl (C=O) groups excluding carboxylic acids is 1. The normalized spacial score (nSPS) is 15.2. The zero-order chi connectivity index (χ0) is 21.9. The van der Waals surface area contributed by atoms with Gasteiger partial charge in [0.2, 0.25) is 5.91 Å². The van der Waals surface area contributed by atoms with E-state index >= 15 is 0 Å². The van der Waals surface area contributed by atoms with Crippen LogP contribution in [0.5, 0.6) is 0 Å². The fourth-order valence-electron chi connectivity index (χ4n) is 3.45. The number of sulfonamides is 1. The molecule has 7 heteroatoms. The van der Waals surface area contributed by atoms with Gasteiger partial charge >= 0.3 is 0 Å². The van der Waals surface area contributed by atoms with E-state index in [-0.39, 0.29) is 16.2 Å². The van der Waals surface area contributed by atoms with Crippen molar-refractivity contribution in [1.82, 2.24) is 4.90 Å². The highest BCUT2D eigenvalue weighted by molar-refractivity contribution is 7.92. The van der Waals surface area contributed by atoms with Crippen molar-refractivity contribution in [2.75, 3.05) is 35.8 Å². The average molecular weight is 430 g/mol. The third kappa shape index (κ3) is 5.75. The van der Waals surface area contributed by atoms with Gasteiger partial charge in [0.1, 0.15) is 0 Å². The molecule has 1 amide bonds. The van der Waals surface area contributed by atoms with Crippen LogP contribution >= 0.6 is 0 Å². The van der Waals surface area contributed by atoms with E-state index in [9.17, 15) is 13.2 Å². The van der Waals surface area contributed by atoms with Gasteiger partial charge in [0.25, 0.3) is 10.0 Å². The molecular weight excluding hydrogens is 398 g/mol. The summed E-state index contributed by atoms with van der Waals surface area (Å²) in [4.78, 5) is 16.8. The minimum absolute atomic E-state index is 0.00400. The first-order chi connectivity index (χ1) is 14.0. The Hall–Kier alpha value is -2.54. The molecule has 0 saturated carbocycles. The molecule has 1 heterocycles. The quantitative estimate of drug-likeness (QED) is 0.783. The molecule has 0 atom stereocenters. The lowest BCUT2D eigenvalue weighted by Gasteiger charge is -2.37. The summed E-state index contributed by atoms with van der Waals surface area (Å²) < 4.78 is 27.7. The molecule has 30 heavy (non-hydrogen) atoms. The molecule has 0 spiro atoms. The fraction of sp³-hybridized carbons (Fsp3) is 0.435. The average Bonchev–Trinajstić information content (AvgIpc) is 2.67. The number of hydrogen-bond acceptors (Lipinski definition) is 4. The molecule has 1 aliphatic heterocycles. The number of hydrogen-bond donors (Lipinski definition) is 1. The van der Waals surface area contributed by atoms with Crippen molar-refractivity contribution in [3.05, 3.63) is 54.1 Å². The van der Waals surface area contributed by atoms with Crippen LogP contribution < -0.4 is 9.62 Å². The molecule has 0 aromatic heterocycles. The summed E-state index contributed by atoms with van der Waals surface area (Å²) >= 11 is 0. The van der Waals surface area contributed by atoms with E-state index in [4.69, 9.17) is 0 Å². The zero-order valence-corrected chi connectivity index (χ0v) is 19.0. The minimum Gasteiger partial charge on any atom is -0.368 e. The van der Waals surface area contributed by atoms with E-state index in [1.807, 2.05) is 24.0 Å². The van der Waals surface area contributed by atoms with Crippen LogP contribution in [-0.2, 0) is 14.8 Å². The molecular formula is C23H31N3O3S. The third-order valence-electron chi connectivity index (χ3n) is 5.13. The van der Waals surface area contributed by atoms with Crippen molar-refractivity contribution in [2.24, 2.45) is 5.41 Å².